The van der Waals surface area contributed by atoms with Crippen molar-refractivity contribution < 1.29 is 0 Å². The molecule has 0 saturated carbocycles. The second-order valence-electron chi connectivity index (χ2n) is 6.02. The van der Waals surface area contributed by atoms with Gasteiger partial charge in [0.1, 0.15) is 0 Å². The number of rotatable bonds is 1. The van der Waals surface area contributed by atoms with E-state index >= 15 is 0 Å². The highest BCUT2D eigenvalue weighted by Gasteiger charge is 2.25. The third-order valence-corrected chi connectivity index (χ3v) is 4.56. The number of hydrogen-bond donors (Lipinski definition) is 0. The van der Waals surface area contributed by atoms with E-state index in [4.69, 9.17) is 0 Å². The van der Waals surface area contributed by atoms with E-state index in [-0.39, 0.29) is 0 Å². The first-order valence-electron chi connectivity index (χ1n) is 7.57. The van der Waals surface area contributed by atoms with Crippen molar-refractivity contribution in [2.75, 3.05) is 13.6 Å². The van der Waals surface area contributed by atoms with E-state index in [1.165, 1.54) is 27.5 Å². The first kappa shape index (κ1) is 12.6. The fraction of sp³-hybridized carbons (Fsp3) is 0.200. The van der Waals surface area contributed by atoms with E-state index < -0.39 is 0 Å². The van der Waals surface area contributed by atoms with Crippen LogP contribution in [0, 0.1) is 0 Å². The molecule has 1 aliphatic rings. The second-order valence-corrected chi connectivity index (χ2v) is 6.02. The Hall–Kier alpha value is -2.12. The van der Waals surface area contributed by atoms with Crippen molar-refractivity contribution in [3.8, 4) is 0 Å². The molecule has 1 nitrogen and oxygen atoms in total. The minimum atomic E-state index is 0.464. The molecule has 1 aliphatic heterocycles. The zero-order valence-corrected chi connectivity index (χ0v) is 12.3. The van der Waals surface area contributed by atoms with Crippen LogP contribution in [0.1, 0.15) is 22.6 Å². The summed E-state index contributed by atoms with van der Waals surface area (Å²) < 4.78 is 0. The Kier molecular flexibility index (Phi) is 3.01. The third-order valence-electron chi connectivity index (χ3n) is 4.56. The van der Waals surface area contributed by atoms with Crippen molar-refractivity contribution in [3.05, 3.63) is 83.4 Å². The lowest BCUT2D eigenvalue weighted by atomic mass is 9.83. The van der Waals surface area contributed by atoms with Crippen molar-refractivity contribution in [1.82, 2.24) is 4.90 Å². The number of fused-ring (bicyclic) bond motifs is 2. The monoisotopic (exact) mass is 273 g/mol. The van der Waals surface area contributed by atoms with Crippen LogP contribution in [0.25, 0.3) is 10.8 Å². The first-order valence-corrected chi connectivity index (χ1v) is 7.57. The van der Waals surface area contributed by atoms with Gasteiger partial charge in [-0.25, -0.2) is 0 Å². The van der Waals surface area contributed by atoms with E-state index in [2.05, 4.69) is 78.7 Å². The van der Waals surface area contributed by atoms with Gasteiger partial charge in [0.05, 0.1) is 0 Å². The number of hydrogen-bond acceptors (Lipinski definition) is 1. The molecule has 0 radical (unpaired) electrons. The zero-order chi connectivity index (χ0) is 14.2. The fourth-order valence-electron chi connectivity index (χ4n) is 3.60. The summed E-state index contributed by atoms with van der Waals surface area (Å²) in [5, 5.41) is 2.72. The lowest BCUT2D eigenvalue weighted by Crippen LogP contribution is -2.30. The van der Waals surface area contributed by atoms with E-state index in [1.807, 2.05) is 0 Å². The van der Waals surface area contributed by atoms with Gasteiger partial charge in [-0.1, -0.05) is 66.7 Å². The van der Waals surface area contributed by atoms with E-state index in [0.717, 1.165) is 13.1 Å². The highest BCUT2D eigenvalue weighted by atomic mass is 15.1. The maximum atomic E-state index is 2.43. The molecule has 0 aliphatic carbocycles. The van der Waals surface area contributed by atoms with Gasteiger partial charge < -0.3 is 4.90 Å². The maximum Gasteiger partial charge on any atom is 0.0234 e. The molecule has 1 heteroatoms. The normalized spacial score (nSPS) is 18.6. The Bertz CT molecular complexity index is 785. The Morgan fingerprint density at radius 2 is 1.52 bits per heavy atom. The SMILES string of the molecule is CN1Cc2ccccc2[C@H](c2cccc3ccccc23)C1. The van der Waals surface area contributed by atoms with E-state index in [0.29, 0.717) is 5.92 Å². The van der Waals surface area contributed by atoms with Crippen LogP contribution in [0.2, 0.25) is 0 Å². The first-order chi connectivity index (χ1) is 10.3. The summed E-state index contributed by atoms with van der Waals surface area (Å²) in [6, 6.07) is 24.3. The molecule has 21 heavy (non-hydrogen) atoms. The van der Waals surface area contributed by atoms with Crippen LogP contribution in [0.5, 0.6) is 0 Å². The smallest absolute Gasteiger partial charge is 0.0234 e. The molecule has 0 unspecified atom stereocenters. The Morgan fingerprint density at radius 1 is 0.810 bits per heavy atom. The summed E-state index contributed by atoms with van der Waals surface area (Å²) in [5.41, 5.74) is 4.41. The summed E-state index contributed by atoms with van der Waals surface area (Å²) in [4.78, 5) is 2.43. The molecule has 0 N–H and O–H groups in total. The predicted octanol–water partition coefficient (Wildman–Crippen LogP) is 4.42. The number of likely N-dealkylation sites (N-methyl/N-ethyl adjacent to an activating group) is 1. The molecule has 0 fully saturated rings. The van der Waals surface area contributed by atoms with Crippen molar-refractivity contribution >= 4 is 10.8 Å². The van der Waals surface area contributed by atoms with Gasteiger partial charge in [-0.05, 0) is 34.5 Å². The van der Waals surface area contributed by atoms with Crippen LogP contribution in [0.4, 0.5) is 0 Å². The maximum absolute atomic E-state index is 2.43. The quantitative estimate of drug-likeness (QED) is 0.634. The van der Waals surface area contributed by atoms with Crippen LogP contribution in [-0.4, -0.2) is 18.5 Å². The molecular formula is C20H19N. The molecular weight excluding hydrogens is 254 g/mol. The van der Waals surface area contributed by atoms with E-state index in [9.17, 15) is 0 Å². The molecule has 0 amide bonds. The van der Waals surface area contributed by atoms with Gasteiger partial charge in [0.25, 0.3) is 0 Å². The van der Waals surface area contributed by atoms with Crippen LogP contribution in [0.15, 0.2) is 66.7 Å². The predicted molar refractivity (Wildman–Crippen MR) is 88.6 cm³/mol. The summed E-state index contributed by atoms with van der Waals surface area (Å²) in [7, 11) is 2.22. The van der Waals surface area contributed by atoms with Gasteiger partial charge >= 0.3 is 0 Å². The zero-order valence-electron chi connectivity index (χ0n) is 12.3. The minimum Gasteiger partial charge on any atom is -0.301 e. The largest absolute Gasteiger partial charge is 0.301 e. The van der Waals surface area contributed by atoms with Crippen LogP contribution < -0.4 is 0 Å². The van der Waals surface area contributed by atoms with Crippen molar-refractivity contribution in [1.29, 1.82) is 0 Å². The van der Waals surface area contributed by atoms with Crippen molar-refractivity contribution in [3.63, 3.8) is 0 Å². The highest BCUT2D eigenvalue weighted by molar-refractivity contribution is 5.86. The molecule has 3 aromatic rings. The summed E-state index contributed by atoms with van der Waals surface area (Å²) in [6.45, 7) is 2.14. The summed E-state index contributed by atoms with van der Waals surface area (Å²) >= 11 is 0. The van der Waals surface area contributed by atoms with Crippen LogP contribution >= 0.6 is 0 Å². The molecule has 0 saturated heterocycles. The standard InChI is InChI=1S/C20H19N/c1-21-13-16-8-3-5-11-18(16)20(14-21)19-12-6-9-15-7-2-4-10-17(15)19/h2-12,20H,13-14H2,1H3/t20-/m1/s1. The van der Waals surface area contributed by atoms with Gasteiger partial charge in [-0.2, -0.15) is 0 Å². The average Bonchev–Trinajstić information content (AvgIpc) is 2.53. The van der Waals surface area contributed by atoms with Crippen molar-refractivity contribution in [2.45, 2.75) is 12.5 Å². The Morgan fingerprint density at radius 3 is 2.48 bits per heavy atom. The molecule has 1 heterocycles. The second kappa shape index (κ2) is 5.01. The minimum absolute atomic E-state index is 0.464. The summed E-state index contributed by atoms with van der Waals surface area (Å²) in [5.74, 6) is 0.464. The Balaban J connectivity index is 1.93. The fourth-order valence-corrected chi connectivity index (χ4v) is 3.60. The Labute approximate surface area is 125 Å². The van der Waals surface area contributed by atoms with Gasteiger partial charge in [0.15, 0.2) is 0 Å². The summed E-state index contributed by atoms with van der Waals surface area (Å²) in [6.07, 6.45) is 0. The van der Waals surface area contributed by atoms with Gasteiger partial charge in [-0.15, -0.1) is 0 Å². The molecule has 0 aromatic heterocycles. The lowest BCUT2D eigenvalue weighted by Gasteiger charge is -2.33. The molecule has 1 atom stereocenters. The van der Waals surface area contributed by atoms with Crippen LogP contribution in [0.3, 0.4) is 0 Å². The molecule has 4 rings (SSSR count). The topological polar surface area (TPSA) is 3.24 Å². The molecule has 3 aromatic carbocycles. The van der Waals surface area contributed by atoms with Crippen LogP contribution in [-0.2, 0) is 6.54 Å². The molecule has 0 bridgehead atoms. The lowest BCUT2D eigenvalue weighted by molar-refractivity contribution is 0.296. The van der Waals surface area contributed by atoms with Gasteiger partial charge in [0.2, 0.25) is 0 Å². The molecule has 104 valence electrons. The van der Waals surface area contributed by atoms with Gasteiger partial charge in [0, 0.05) is 19.0 Å². The average molecular weight is 273 g/mol. The van der Waals surface area contributed by atoms with Crippen molar-refractivity contribution in [2.24, 2.45) is 0 Å². The number of benzene rings is 3. The highest BCUT2D eigenvalue weighted by Crippen LogP contribution is 2.36. The molecule has 0 spiro atoms. The van der Waals surface area contributed by atoms with Gasteiger partial charge in [-0.3, -0.25) is 0 Å². The third kappa shape index (κ3) is 2.14. The van der Waals surface area contributed by atoms with E-state index in [1.54, 1.807) is 0 Å². The number of nitrogens with zero attached hydrogens (tertiary/aromatic N) is 1.